The number of nitrogens with one attached hydrogen (secondary N) is 1. The maximum Gasteiger partial charge on any atom is 0.122 e. The van der Waals surface area contributed by atoms with Crippen LogP contribution < -0.4 is 10.1 Å². The Balaban J connectivity index is 3.22. The summed E-state index contributed by atoms with van der Waals surface area (Å²) >= 11 is 4.37. The Labute approximate surface area is 110 Å². The lowest BCUT2D eigenvalue weighted by Gasteiger charge is -2.24. The fourth-order valence-electron chi connectivity index (χ4n) is 1.89. The monoisotopic (exact) mass is 253 g/mol. The van der Waals surface area contributed by atoms with Crippen LogP contribution in [0.15, 0.2) is 18.2 Å². The molecule has 0 spiro atoms. The van der Waals surface area contributed by atoms with E-state index in [1.165, 1.54) is 11.1 Å². The van der Waals surface area contributed by atoms with Crippen molar-refractivity contribution in [1.82, 2.24) is 5.32 Å². The zero-order valence-electron chi connectivity index (χ0n) is 11.4. The van der Waals surface area contributed by atoms with Crippen molar-refractivity contribution in [2.24, 2.45) is 0 Å². The predicted molar refractivity (Wildman–Crippen MR) is 77.3 cm³/mol. The second-order valence-corrected chi connectivity index (χ2v) is 5.60. The summed E-state index contributed by atoms with van der Waals surface area (Å²) in [5.74, 6) is 1.74. The molecule has 1 atom stereocenters. The lowest BCUT2D eigenvalue weighted by Crippen LogP contribution is -2.20. The van der Waals surface area contributed by atoms with Gasteiger partial charge >= 0.3 is 0 Å². The zero-order valence-corrected chi connectivity index (χ0v) is 12.3. The van der Waals surface area contributed by atoms with Gasteiger partial charge in [0.1, 0.15) is 5.75 Å². The highest BCUT2D eigenvalue weighted by Crippen LogP contribution is 2.33. The number of rotatable bonds is 4. The fraction of sp³-hybridized carbons (Fsp3) is 0.571. The SMILES string of the molecule is CNC(CS)c1ccc(OC)c(C(C)(C)C)c1. The van der Waals surface area contributed by atoms with Gasteiger partial charge in [-0.1, -0.05) is 26.8 Å². The molecular formula is C14H23NOS. The Morgan fingerprint density at radius 2 is 2.00 bits per heavy atom. The first-order valence-electron chi connectivity index (χ1n) is 5.90. The first-order valence-corrected chi connectivity index (χ1v) is 6.53. The van der Waals surface area contributed by atoms with E-state index in [2.05, 4.69) is 50.8 Å². The molecule has 0 aromatic heterocycles. The Bertz CT molecular complexity index is 367. The fourth-order valence-corrected chi connectivity index (χ4v) is 2.29. The molecule has 0 saturated carbocycles. The summed E-state index contributed by atoms with van der Waals surface area (Å²) in [6.07, 6.45) is 0. The molecule has 1 rings (SSSR count). The van der Waals surface area contributed by atoms with Crippen molar-refractivity contribution >= 4 is 12.6 Å². The van der Waals surface area contributed by atoms with Crippen LogP contribution in [-0.2, 0) is 5.41 Å². The van der Waals surface area contributed by atoms with E-state index in [0.29, 0.717) is 0 Å². The number of methoxy groups -OCH3 is 1. The highest BCUT2D eigenvalue weighted by molar-refractivity contribution is 7.80. The zero-order chi connectivity index (χ0) is 13.1. The topological polar surface area (TPSA) is 21.3 Å². The van der Waals surface area contributed by atoms with Gasteiger partial charge < -0.3 is 10.1 Å². The Kier molecular flexibility index (Phi) is 4.90. The van der Waals surface area contributed by atoms with Crippen LogP contribution in [0.4, 0.5) is 0 Å². The normalized spacial score (nSPS) is 13.5. The lowest BCUT2D eigenvalue weighted by atomic mass is 9.84. The second-order valence-electron chi connectivity index (χ2n) is 5.23. The van der Waals surface area contributed by atoms with Gasteiger partial charge in [-0.25, -0.2) is 0 Å². The lowest BCUT2D eigenvalue weighted by molar-refractivity contribution is 0.397. The van der Waals surface area contributed by atoms with Crippen molar-refractivity contribution in [2.75, 3.05) is 19.9 Å². The Morgan fingerprint density at radius 3 is 2.41 bits per heavy atom. The maximum absolute atomic E-state index is 5.43. The van der Waals surface area contributed by atoms with E-state index in [9.17, 15) is 0 Å². The van der Waals surface area contributed by atoms with E-state index in [0.717, 1.165) is 11.5 Å². The van der Waals surface area contributed by atoms with E-state index in [1.54, 1.807) is 7.11 Å². The molecule has 3 heteroatoms. The predicted octanol–water partition coefficient (Wildman–Crippen LogP) is 3.18. The average molecular weight is 253 g/mol. The molecule has 0 heterocycles. The molecule has 0 aliphatic carbocycles. The van der Waals surface area contributed by atoms with E-state index >= 15 is 0 Å². The van der Waals surface area contributed by atoms with Crippen molar-refractivity contribution in [3.05, 3.63) is 29.3 Å². The third-order valence-corrected chi connectivity index (χ3v) is 3.33. The minimum Gasteiger partial charge on any atom is -0.496 e. The molecule has 0 aliphatic heterocycles. The molecule has 0 bridgehead atoms. The minimum atomic E-state index is 0.0796. The van der Waals surface area contributed by atoms with Gasteiger partial charge in [-0.15, -0.1) is 0 Å². The third-order valence-electron chi connectivity index (χ3n) is 2.96. The molecule has 0 saturated heterocycles. The molecule has 1 aromatic rings. The molecule has 1 N–H and O–H groups in total. The van der Waals surface area contributed by atoms with Crippen LogP contribution in [-0.4, -0.2) is 19.9 Å². The summed E-state index contributed by atoms with van der Waals surface area (Å²) in [7, 11) is 3.68. The summed E-state index contributed by atoms with van der Waals surface area (Å²) in [5, 5.41) is 3.27. The van der Waals surface area contributed by atoms with Crippen molar-refractivity contribution in [3.63, 3.8) is 0 Å². The standard InChI is InChI=1S/C14H23NOS/c1-14(2,3)11-8-10(12(9-17)15-4)6-7-13(11)16-5/h6-8,12,15,17H,9H2,1-5H3. The van der Waals surface area contributed by atoms with Crippen molar-refractivity contribution in [2.45, 2.75) is 32.2 Å². The number of hydrogen-bond acceptors (Lipinski definition) is 3. The summed E-state index contributed by atoms with van der Waals surface area (Å²) in [5.41, 5.74) is 2.57. The van der Waals surface area contributed by atoms with Gasteiger partial charge in [0.2, 0.25) is 0 Å². The van der Waals surface area contributed by atoms with Gasteiger partial charge in [0.05, 0.1) is 7.11 Å². The quantitative estimate of drug-likeness (QED) is 0.804. The smallest absolute Gasteiger partial charge is 0.122 e. The summed E-state index contributed by atoms with van der Waals surface area (Å²) in [6, 6.07) is 6.65. The van der Waals surface area contributed by atoms with Gasteiger partial charge in [-0.05, 0) is 35.7 Å². The largest absolute Gasteiger partial charge is 0.496 e. The first kappa shape index (κ1) is 14.4. The summed E-state index contributed by atoms with van der Waals surface area (Å²) in [6.45, 7) is 6.59. The summed E-state index contributed by atoms with van der Waals surface area (Å²) < 4.78 is 5.43. The van der Waals surface area contributed by atoms with Gasteiger partial charge in [0, 0.05) is 11.8 Å². The van der Waals surface area contributed by atoms with E-state index in [1.807, 2.05) is 13.1 Å². The number of hydrogen-bond donors (Lipinski definition) is 2. The first-order chi connectivity index (χ1) is 7.93. The Morgan fingerprint density at radius 1 is 1.35 bits per heavy atom. The van der Waals surface area contributed by atoms with Crippen LogP contribution in [0.5, 0.6) is 5.75 Å². The molecule has 1 unspecified atom stereocenters. The molecule has 0 fully saturated rings. The summed E-state index contributed by atoms with van der Waals surface area (Å²) in [4.78, 5) is 0. The Hall–Kier alpha value is -0.670. The number of ether oxygens (including phenoxy) is 1. The van der Waals surface area contributed by atoms with Crippen molar-refractivity contribution in [3.8, 4) is 5.75 Å². The van der Waals surface area contributed by atoms with Gasteiger partial charge in [0.15, 0.2) is 0 Å². The highest BCUT2D eigenvalue weighted by Gasteiger charge is 2.20. The van der Waals surface area contributed by atoms with Crippen LogP contribution >= 0.6 is 12.6 Å². The average Bonchev–Trinajstić information content (AvgIpc) is 2.29. The molecule has 0 amide bonds. The molecule has 1 aromatic carbocycles. The maximum atomic E-state index is 5.43. The van der Waals surface area contributed by atoms with E-state index in [4.69, 9.17) is 4.74 Å². The van der Waals surface area contributed by atoms with Crippen LogP contribution in [0, 0.1) is 0 Å². The molecule has 17 heavy (non-hydrogen) atoms. The van der Waals surface area contributed by atoms with E-state index in [-0.39, 0.29) is 11.5 Å². The molecular weight excluding hydrogens is 230 g/mol. The van der Waals surface area contributed by atoms with Crippen LogP contribution in [0.2, 0.25) is 0 Å². The highest BCUT2D eigenvalue weighted by atomic mass is 32.1. The van der Waals surface area contributed by atoms with Crippen LogP contribution in [0.25, 0.3) is 0 Å². The third kappa shape index (κ3) is 3.39. The van der Waals surface area contributed by atoms with Crippen molar-refractivity contribution < 1.29 is 4.74 Å². The van der Waals surface area contributed by atoms with Crippen LogP contribution in [0.1, 0.15) is 37.9 Å². The molecule has 96 valence electrons. The molecule has 2 nitrogen and oxygen atoms in total. The molecule has 0 aliphatic rings. The minimum absolute atomic E-state index is 0.0796. The van der Waals surface area contributed by atoms with Crippen LogP contribution in [0.3, 0.4) is 0 Å². The number of thiol groups is 1. The van der Waals surface area contributed by atoms with E-state index < -0.39 is 0 Å². The van der Waals surface area contributed by atoms with Crippen molar-refractivity contribution in [1.29, 1.82) is 0 Å². The van der Waals surface area contributed by atoms with Gasteiger partial charge in [0.25, 0.3) is 0 Å². The van der Waals surface area contributed by atoms with Gasteiger partial charge in [-0.3, -0.25) is 0 Å². The molecule has 0 radical (unpaired) electrons. The second kappa shape index (κ2) is 5.78. The van der Waals surface area contributed by atoms with Gasteiger partial charge in [-0.2, -0.15) is 12.6 Å². The number of benzene rings is 1.